The van der Waals surface area contributed by atoms with Gasteiger partial charge < -0.3 is 4.74 Å². The molecule has 0 fully saturated rings. The smallest absolute Gasteiger partial charge is 0.169 e. The highest BCUT2D eigenvalue weighted by atomic mass is 16.5. The third-order valence-electron chi connectivity index (χ3n) is 3.79. The topological polar surface area (TPSA) is 52.8 Å². The van der Waals surface area contributed by atoms with Gasteiger partial charge in [-0.1, -0.05) is 18.2 Å². The molecule has 4 aromatic rings. The largest absolute Gasteiger partial charge is 0.492 e. The van der Waals surface area contributed by atoms with Crippen LogP contribution in [0, 0.1) is 6.92 Å². The minimum Gasteiger partial charge on any atom is -0.492 e. The van der Waals surface area contributed by atoms with Crippen molar-refractivity contribution in [1.29, 1.82) is 0 Å². The maximum atomic E-state index is 5.95. The molecule has 0 amide bonds. The number of hydrogen-bond donors (Lipinski definition) is 0. The number of pyridine rings is 2. The van der Waals surface area contributed by atoms with Gasteiger partial charge in [-0.25, -0.2) is 9.97 Å². The molecule has 0 radical (unpaired) electrons. The minimum atomic E-state index is 0.595. The van der Waals surface area contributed by atoms with E-state index in [0.717, 1.165) is 39.2 Å². The van der Waals surface area contributed by atoms with E-state index < -0.39 is 0 Å². The normalized spacial score (nSPS) is 11.2. The molecular formula is C18H16N4O. The second kappa shape index (κ2) is 5.35. The summed E-state index contributed by atoms with van der Waals surface area (Å²) in [4.78, 5) is 9.19. The van der Waals surface area contributed by atoms with Crippen LogP contribution in [0.5, 0.6) is 5.75 Å². The molecule has 0 saturated heterocycles. The Morgan fingerprint density at radius 1 is 1.09 bits per heavy atom. The molecule has 0 unspecified atom stereocenters. The first-order valence-electron chi connectivity index (χ1n) is 7.62. The lowest BCUT2D eigenvalue weighted by Crippen LogP contribution is -2.01. The third kappa shape index (κ3) is 2.12. The van der Waals surface area contributed by atoms with Gasteiger partial charge in [0.05, 0.1) is 23.2 Å². The summed E-state index contributed by atoms with van der Waals surface area (Å²) in [6.45, 7) is 4.55. The lowest BCUT2D eigenvalue weighted by Gasteiger charge is -2.09. The van der Waals surface area contributed by atoms with Crippen molar-refractivity contribution in [3.05, 3.63) is 54.4 Å². The Balaban J connectivity index is 2.13. The summed E-state index contributed by atoms with van der Waals surface area (Å²) < 4.78 is 7.73. The van der Waals surface area contributed by atoms with E-state index in [1.165, 1.54) is 0 Å². The molecule has 23 heavy (non-hydrogen) atoms. The lowest BCUT2D eigenvalue weighted by atomic mass is 10.1. The summed E-state index contributed by atoms with van der Waals surface area (Å²) in [7, 11) is 0. The standard InChI is InChI=1S/C18H16N4O/c1-3-23-17-13-8-4-5-9-14(13)20-18-16(17)12(2)21-22(18)15-10-6-7-11-19-15/h4-11H,3H2,1-2H3. The van der Waals surface area contributed by atoms with Crippen molar-refractivity contribution < 1.29 is 4.74 Å². The quantitative estimate of drug-likeness (QED) is 0.579. The molecule has 0 aliphatic carbocycles. The number of nitrogens with zero attached hydrogens (tertiary/aromatic N) is 4. The Bertz CT molecular complexity index is 992. The summed E-state index contributed by atoms with van der Waals surface area (Å²) in [5, 5.41) is 6.58. The van der Waals surface area contributed by atoms with E-state index in [2.05, 4.69) is 10.1 Å². The zero-order valence-corrected chi connectivity index (χ0v) is 13.0. The molecule has 0 aliphatic rings. The fourth-order valence-corrected chi connectivity index (χ4v) is 2.83. The van der Waals surface area contributed by atoms with E-state index >= 15 is 0 Å². The molecule has 114 valence electrons. The average molecular weight is 304 g/mol. The Hall–Kier alpha value is -2.95. The second-order valence-electron chi connectivity index (χ2n) is 5.27. The van der Waals surface area contributed by atoms with E-state index in [1.54, 1.807) is 10.9 Å². The van der Waals surface area contributed by atoms with Gasteiger partial charge >= 0.3 is 0 Å². The molecule has 0 N–H and O–H groups in total. The monoisotopic (exact) mass is 304 g/mol. The summed E-state index contributed by atoms with van der Waals surface area (Å²) >= 11 is 0. The molecular weight excluding hydrogens is 288 g/mol. The molecule has 0 spiro atoms. The maximum absolute atomic E-state index is 5.95. The number of aromatic nitrogens is 4. The van der Waals surface area contributed by atoms with Crippen LogP contribution in [-0.4, -0.2) is 26.4 Å². The first-order valence-corrected chi connectivity index (χ1v) is 7.62. The fraction of sp³-hybridized carbons (Fsp3) is 0.167. The SMILES string of the molecule is CCOc1c2ccccc2nc2c1c(C)nn2-c1ccccn1. The first kappa shape index (κ1) is 13.7. The predicted octanol–water partition coefficient (Wildman–Crippen LogP) is 3.68. The van der Waals surface area contributed by atoms with Gasteiger partial charge in [-0.3, -0.25) is 0 Å². The van der Waals surface area contributed by atoms with Crippen LogP contribution in [0.25, 0.3) is 27.8 Å². The van der Waals surface area contributed by atoms with Crippen LogP contribution in [0.2, 0.25) is 0 Å². The summed E-state index contributed by atoms with van der Waals surface area (Å²) in [6, 6.07) is 13.7. The van der Waals surface area contributed by atoms with Gasteiger partial charge in [0.1, 0.15) is 5.75 Å². The highest BCUT2D eigenvalue weighted by Gasteiger charge is 2.18. The van der Waals surface area contributed by atoms with Gasteiger partial charge in [0, 0.05) is 11.6 Å². The molecule has 4 rings (SSSR count). The number of fused-ring (bicyclic) bond motifs is 2. The van der Waals surface area contributed by atoms with E-state index in [-0.39, 0.29) is 0 Å². The molecule has 5 nitrogen and oxygen atoms in total. The van der Waals surface area contributed by atoms with Crippen LogP contribution in [0.4, 0.5) is 0 Å². The maximum Gasteiger partial charge on any atom is 0.169 e. The molecule has 5 heteroatoms. The van der Waals surface area contributed by atoms with Crippen molar-refractivity contribution in [3.63, 3.8) is 0 Å². The Labute approximate surface area is 133 Å². The highest BCUT2D eigenvalue weighted by molar-refractivity contribution is 6.01. The number of benzene rings is 1. The van der Waals surface area contributed by atoms with Gasteiger partial charge in [-0.05, 0) is 38.1 Å². The van der Waals surface area contributed by atoms with Crippen LogP contribution in [0.15, 0.2) is 48.7 Å². The van der Waals surface area contributed by atoms with Crippen LogP contribution in [0.3, 0.4) is 0 Å². The van der Waals surface area contributed by atoms with Crippen molar-refractivity contribution >= 4 is 21.9 Å². The van der Waals surface area contributed by atoms with Gasteiger partial charge in [0.2, 0.25) is 0 Å². The van der Waals surface area contributed by atoms with Crippen LogP contribution in [-0.2, 0) is 0 Å². The molecule has 1 aromatic carbocycles. The van der Waals surface area contributed by atoms with Crippen molar-refractivity contribution in [2.24, 2.45) is 0 Å². The van der Waals surface area contributed by atoms with Crippen LogP contribution >= 0.6 is 0 Å². The van der Waals surface area contributed by atoms with Gasteiger partial charge in [-0.15, -0.1) is 0 Å². The summed E-state index contributed by atoms with van der Waals surface area (Å²) in [6.07, 6.45) is 1.75. The zero-order chi connectivity index (χ0) is 15.8. The molecule has 0 bridgehead atoms. The number of para-hydroxylation sites is 1. The number of aryl methyl sites for hydroxylation is 1. The molecule has 3 heterocycles. The number of ether oxygens (including phenoxy) is 1. The van der Waals surface area contributed by atoms with Crippen molar-refractivity contribution in [3.8, 4) is 11.6 Å². The van der Waals surface area contributed by atoms with Gasteiger partial charge in [0.25, 0.3) is 0 Å². The van der Waals surface area contributed by atoms with Gasteiger partial charge in [0.15, 0.2) is 11.5 Å². The fourth-order valence-electron chi connectivity index (χ4n) is 2.83. The zero-order valence-electron chi connectivity index (χ0n) is 13.0. The highest BCUT2D eigenvalue weighted by Crippen LogP contribution is 2.35. The van der Waals surface area contributed by atoms with E-state index in [0.29, 0.717) is 6.61 Å². The van der Waals surface area contributed by atoms with E-state index in [4.69, 9.17) is 9.72 Å². The molecule has 0 atom stereocenters. The summed E-state index contributed by atoms with van der Waals surface area (Å²) in [5.41, 5.74) is 2.54. The van der Waals surface area contributed by atoms with Crippen molar-refractivity contribution in [2.45, 2.75) is 13.8 Å². The van der Waals surface area contributed by atoms with Crippen molar-refractivity contribution in [1.82, 2.24) is 19.7 Å². The average Bonchev–Trinajstić information content (AvgIpc) is 2.92. The van der Waals surface area contributed by atoms with Gasteiger partial charge in [-0.2, -0.15) is 9.78 Å². The van der Waals surface area contributed by atoms with E-state index in [1.807, 2.05) is 56.3 Å². The second-order valence-corrected chi connectivity index (χ2v) is 5.27. The Kier molecular flexibility index (Phi) is 3.19. The first-order chi connectivity index (χ1) is 11.3. The van der Waals surface area contributed by atoms with Crippen molar-refractivity contribution in [2.75, 3.05) is 6.61 Å². The number of rotatable bonds is 3. The van der Waals surface area contributed by atoms with Crippen LogP contribution < -0.4 is 4.74 Å². The minimum absolute atomic E-state index is 0.595. The van der Waals surface area contributed by atoms with Crippen LogP contribution in [0.1, 0.15) is 12.6 Å². The third-order valence-corrected chi connectivity index (χ3v) is 3.79. The molecule has 3 aromatic heterocycles. The Morgan fingerprint density at radius 3 is 2.70 bits per heavy atom. The molecule has 0 aliphatic heterocycles. The number of hydrogen-bond acceptors (Lipinski definition) is 4. The predicted molar refractivity (Wildman–Crippen MR) is 90.1 cm³/mol. The lowest BCUT2D eigenvalue weighted by molar-refractivity contribution is 0.348. The van der Waals surface area contributed by atoms with E-state index in [9.17, 15) is 0 Å². The summed E-state index contributed by atoms with van der Waals surface area (Å²) in [5.74, 6) is 1.59. The Morgan fingerprint density at radius 2 is 1.91 bits per heavy atom. The molecule has 0 saturated carbocycles.